The Labute approximate surface area is 444 Å². The van der Waals surface area contributed by atoms with Crippen molar-refractivity contribution in [3.8, 4) is 32.4 Å². The van der Waals surface area contributed by atoms with Crippen molar-refractivity contribution in [3.63, 3.8) is 0 Å². The van der Waals surface area contributed by atoms with E-state index < -0.39 is 41.9 Å². The van der Waals surface area contributed by atoms with Crippen molar-refractivity contribution in [3.05, 3.63) is 148 Å². The van der Waals surface area contributed by atoms with Crippen molar-refractivity contribution in [2.75, 3.05) is 20.3 Å². The van der Waals surface area contributed by atoms with Gasteiger partial charge in [0.25, 0.3) is 23.4 Å². The fourth-order valence-electron chi connectivity index (χ4n) is 10.3. The molecule has 2 amide bonds. The van der Waals surface area contributed by atoms with Crippen LogP contribution in [0.2, 0.25) is 0 Å². The Morgan fingerprint density at radius 3 is 1.42 bits per heavy atom. The predicted octanol–water partition coefficient (Wildman–Crippen LogP) is 10.3. The van der Waals surface area contributed by atoms with E-state index in [0.29, 0.717) is 41.0 Å². The minimum absolute atomic E-state index is 0.170. The number of hydrogen-bond acceptors (Lipinski definition) is 11. The van der Waals surface area contributed by atoms with Gasteiger partial charge in [-0.15, -0.1) is 22.7 Å². The second-order valence-corrected chi connectivity index (χ2v) is 22.7. The maximum absolute atomic E-state index is 13.1. The van der Waals surface area contributed by atoms with E-state index in [0.717, 1.165) is 111 Å². The van der Waals surface area contributed by atoms with E-state index in [-0.39, 0.29) is 23.5 Å². The number of Topliss-reactive ketones (excluding diaryl/α,β-unsaturated/α-hetero) is 2. The van der Waals surface area contributed by atoms with Crippen LogP contribution in [0.5, 0.6) is 11.5 Å². The fraction of sp³-hybridized carbons (Fsp3) is 0.236. The average Bonchev–Trinajstić information content (AvgIpc) is 4.26. The first kappa shape index (κ1) is 51.1. The van der Waals surface area contributed by atoms with Gasteiger partial charge in [0.1, 0.15) is 11.5 Å². The van der Waals surface area contributed by atoms with E-state index in [1.165, 1.54) is 7.11 Å². The third-order valence-corrected chi connectivity index (χ3v) is 16.8. The third kappa shape index (κ3) is 10.0. The highest BCUT2D eigenvalue weighted by Gasteiger charge is 2.33. The number of nitrogens with zero attached hydrogens (tertiary/aromatic N) is 2. The Morgan fingerprint density at radius 1 is 0.616 bits per heavy atom. The van der Waals surface area contributed by atoms with Gasteiger partial charge in [0.15, 0.2) is 13.2 Å². The van der Waals surface area contributed by atoms with Gasteiger partial charge < -0.3 is 39.9 Å². The Balaban J connectivity index is 0.000000180. The molecule has 0 aliphatic heterocycles. The zero-order valence-corrected chi connectivity index (χ0v) is 44.7. The van der Waals surface area contributed by atoms with Crippen molar-refractivity contribution in [2.24, 2.45) is 11.5 Å². The molecule has 2 aliphatic rings. The van der Waals surface area contributed by atoms with Crippen LogP contribution in [0.1, 0.15) is 78.3 Å². The molecule has 10 rings (SSSR count). The van der Waals surface area contributed by atoms with Gasteiger partial charge in [0.2, 0.25) is 0 Å². The number of halogens is 2. The lowest BCUT2D eigenvalue weighted by Gasteiger charge is -2.15. The molecule has 0 radical (unpaired) electrons. The third-order valence-electron chi connectivity index (χ3n) is 13.4. The fourth-order valence-corrected chi connectivity index (χ4v) is 13.1. The number of ether oxygens (including phenoxy) is 3. The summed E-state index contributed by atoms with van der Waals surface area (Å²) >= 11 is 10.4. The summed E-state index contributed by atoms with van der Waals surface area (Å²) in [7, 11) is 1.29. The first-order chi connectivity index (χ1) is 35.1. The number of hydrogen-bond donors (Lipinski definition) is 3. The first-order valence-electron chi connectivity index (χ1n) is 23.3. The molecule has 18 heteroatoms. The lowest BCUT2D eigenvalue weighted by molar-refractivity contribution is -0.143. The molecule has 0 saturated carbocycles. The van der Waals surface area contributed by atoms with Gasteiger partial charge in [0, 0.05) is 34.2 Å². The molecule has 0 spiro atoms. The number of amides is 2. The van der Waals surface area contributed by atoms with Crippen molar-refractivity contribution in [2.45, 2.75) is 65.5 Å². The van der Waals surface area contributed by atoms with E-state index in [9.17, 15) is 33.9 Å². The molecule has 8 aromatic rings. The number of fused-ring (bicyclic) bond motifs is 6. The van der Waals surface area contributed by atoms with Crippen LogP contribution < -0.4 is 20.9 Å². The molecule has 73 heavy (non-hydrogen) atoms. The van der Waals surface area contributed by atoms with Gasteiger partial charge in [-0.05, 0) is 165 Å². The summed E-state index contributed by atoms with van der Waals surface area (Å²) in [6.45, 7) is 3.68. The largest absolute Gasteiger partial charge is 0.481 e. The molecule has 5 N–H and O–H groups in total. The first-order valence-corrected chi connectivity index (χ1v) is 26.5. The molecular weight excluding hydrogens is 1100 g/mol. The van der Waals surface area contributed by atoms with Gasteiger partial charge in [-0.3, -0.25) is 19.2 Å². The van der Waals surface area contributed by atoms with E-state index >= 15 is 0 Å². The number of nitrogens with two attached hydrogens (primary N) is 2. The van der Waals surface area contributed by atoms with Crippen molar-refractivity contribution in [1.82, 2.24) is 9.13 Å². The van der Waals surface area contributed by atoms with Crippen molar-refractivity contribution >= 4 is 112 Å². The SMILES string of the molecule is COC(=O)COc1cc2c(c3c1c(C(=O)C(N)=O)c(C)n3Cc1ccccc1-c1ccc(Br)s1)CCC2.Cc1c(C(=O)C(N)=O)c2c(OCC(=O)O)cc3c(c2n1Cc1ccccc1-c1ccc(Br)s1)CCC3. The molecule has 374 valence electrons. The Bertz CT molecular complexity index is 3590. The zero-order valence-electron chi connectivity index (χ0n) is 39.9. The second-order valence-electron chi connectivity index (χ2n) is 17.7. The standard InChI is InChI=1S/C28H25BrN2O5S.C27H23BrN2O5S/c1-15-24(27(33)28(30)34)25-20(36-14-23(32)35-2)12-16-7-5-9-19(16)26(25)31(15)13-17-6-3-4-8-18(17)21-10-11-22(29)37-21;1-14-23(26(33)27(29)34)24-19(35-13-22(31)32)11-15-6-4-8-18(15)25(24)30(14)12-16-5-2-3-7-17(16)20-9-10-21(28)36-20/h3-4,6,8,10-12H,5,7,9,13-14H2,1-2H3,(H2,30,34);2-3,5,7,9-11H,4,6,8,12-13H2,1H3,(H2,29,34)(H,31,32). The number of carbonyl (C=O) groups excluding carboxylic acids is 5. The summed E-state index contributed by atoms with van der Waals surface area (Å²) in [6, 6.07) is 28.1. The van der Waals surface area contributed by atoms with E-state index in [2.05, 4.69) is 72.8 Å². The quantitative estimate of drug-likeness (QED) is 0.0473. The average molecular weight is 1150 g/mol. The summed E-state index contributed by atoms with van der Waals surface area (Å²) in [5.41, 5.74) is 22.9. The number of carboxylic acid groups (broad SMARTS) is 1. The van der Waals surface area contributed by atoms with Crippen LogP contribution in [0.25, 0.3) is 42.7 Å². The number of benzene rings is 4. The minimum atomic E-state index is -1.13. The number of methoxy groups -OCH3 is 1. The summed E-state index contributed by atoms with van der Waals surface area (Å²) in [5, 5.41) is 10.2. The van der Waals surface area contributed by atoms with Gasteiger partial charge in [-0.2, -0.15) is 0 Å². The molecule has 0 bridgehead atoms. The molecule has 4 aromatic heterocycles. The summed E-state index contributed by atoms with van der Waals surface area (Å²) in [5.74, 6) is -4.70. The maximum atomic E-state index is 13.1. The van der Waals surface area contributed by atoms with Gasteiger partial charge >= 0.3 is 11.9 Å². The highest BCUT2D eigenvalue weighted by molar-refractivity contribution is 9.11. The van der Waals surface area contributed by atoms with Crippen LogP contribution >= 0.6 is 54.5 Å². The molecule has 0 atom stereocenters. The van der Waals surface area contributed by atoms with Crippen molar-refractivity contribution < 1.29 is 48.1 Å². The minimum Gasteiger partial charge on any atom is -0.481 e. The number of aromatic nitrogens is 2. The molecule has 4 aromatic carbocycles. The molecule has 2 aliphatic carbocycles. The summed E-state index contributed by atoms with van der Waals surface area (Å²) in [6.07, 6.45) is 5.26. The number of thiophene rings is 2. The molecule has 0 saturated heterocycles. The Morgan fingerprint density at radius 2 is 1.04 bits per heavy atom. The number of ketones is 2. The summed E-state index contributed by atoms with van der Waals surface area (Å²) in [4.78, 5) is 75.7. The Kier molecular flexibility index (Phi) is 14.9. The number of carbonyl (C=O) groups is 6. The van der Waals surface area contributed by atoms with Crippen LogP contribution in [-0.2, 0) is 62.7 Å². The lowest BCUT2D eigenvalue weighted by Crippen LogP contribution is -2.24. The molecule has 0 unspecified atom stereocenters. The van der Waals surface area contributed by atoms with Crippen LogP contribution in [-0.4, -0.2) is 69.9 Å². The number of aliphatic carboxylic acids is 1. The zero-order chi connectivity index (χ0) is 51.8. The number of aryl methyl sites for hydroxylation is 4. The molecule has 14 nitrogen and oxygen atoms in total. The topological polar surface area (TPSA) is 212 Å². The van der Waals surface area contributed by atoms with Gasteiger partial charge in [0.05, 0.1) is 47.6 Å². The smallest absolute Gasteiger partial charge is 0.343 e. The van der Waals surface area contributed by atoms with E-state index in [4.69, 9.17) is 25.7 Å². The predicted molar refractivity (Wildman–Crippen MR) is 288 cm³/mol. The van der Waals surface area contributed by atoms with E-state index in [1.54, 1.807) is 29.6 Å². The molecule has 0 fully saturated rings. The second kappa shape index (κ2) is 21.3. The highest BCUT2D eigenvalue weighted by Crippen LogP contribution is 2.45. The summed E-state index contributed by atoms with van der Waals surface area (Å²) < 4.78 is 22.5. The lowest BCUT2D eigenvalue weighted by atomic mass is 10.0. The van der Waals surface area contributed by atoms with Crippen LogP contribution in [0, 0.1) is 13.8 Å². The van der Waals surface area contributed by atoms with Crippen molar-refractivity contribution in [1.29, 1.82) is 0 Å². The number of carboxylic acids is 1. The van der Waals surface area contributed by atoms with Crippen LogP contribution in [0.15, 0.2) is 92.5 Å². The molecule has 4 heterocycles. The van der Waals surface area contributed by atoms with E-state index in [1.807, 2.05) is 60.0 Å². The number of primary amides is 2. The maximum Gasteiger partial charge on any atom is 0.343 e. The van der Waals surface area contributed by atoms with Crippen LogP contribution in [0.3, 0.4) is 0 Å². The monoisotopic (exact) mass is 1150 g/mol. The number of rotatable bonds is 16. The highest BCUT2D eigenvalue weighted by atomic mass is 79.9. The van der Waals surface area contributed by atoms with Crippen LogP contribution in [0.4, 0.5) is 0 Å². The Hall–Kier alpha value is -6.86. The van der Waals surface area contributed by atoms with Gasteiger partial charge in [-0.1, -0.05) is 48.5 Å². The number of esters is 1. The van der Waals surface area contributed by atoms with Gasteiger partial charge in [-0.25, -0.2) is 9.59 Å². The molecular formula is C55H48Br2N4O10S2. The normalized spacial score (nSPS) is 12.6.